The van der Waals surface area contributed by atoms with E-state index in [9.17, 15) is 26.5 Å². The van der Waals surface area contributed by atoms with Crippen LogP contribution in [-0.2, 0) is 37.0 Å². The lowest BCUT2D eigenvalue weighted by Gasteiger charge is -2.17. The quantitative estimate of drug-likeness (QED) is 0.162. The molecule has 0 saturated carbocycles. The zero-order chi connectivity index (χ0) is 26.7. The Balaban J connectivity index is 0.000000206. The van der Waals surface area contributed by atoms with E-state index >= 15 is 0 Å². The molecular formula is C28H24F2O5S2. The van der Waals surface area contributed by atoms with Gasteiger partial charge in [-0.05, 0) is 42.0 Å². The van der Waals surface area contributed by atoms with Crippen molar-refractivity contribution in [2.75, 3.05) is 6.61 Å². The summed E-state index contributed by atoms with van der Waals surface area (Å²) in [4.78, 5) is 14.8. The van der Waals surface area contributed by atoms with E-state index in [0.29, 0.717) is 0 Å². The molecule has 0 amide bonds. The molecule has 0 fully saturated rings. The zero-order valence-corrected chi connectivity index (χ0v) is 21.2. The summed E-state index contributed by atoms with van der Waals surface area (Å²) in [6.07, 6.45) is 0.140. The Bertz CT molecular complexity index is 1260. The average Bonchev–Trinajstić information content (AvgIpc) is 2.91. The van der Waals surface area contributed by atoms with Crippen LogP contribution in [0.3, 0.4) is 0 Å². The van der Waals surface area contributed by atoms with Gasteiger partial charge in [0.15, 0.2) is 24.8 Å². The van der Waals surface area contributed by atoms with Gasteiger partial charge >= 0.3 is 11.2 Å². The molecule has 4 rings (SSSR count). The van der Waals surface area contributed by atoms with E-state index in [1.165, 1.54) is 14.7 Å². The van der Waals surface area contributed by atoms with E-state index < -0.39 is 27.9 Å². The summed E-state index contributed by atoms with van der Waals surface area (Å²) in [5.74, 6) is -2.35. The van der Waals surface area contributed by atoms with Crippen molar-refractivity contribution >= 4 is 27.0 Å². The summed E-state index contributed by atoms with van der Waals surface area (Å²) >= 11 is 0. The molecule has 0 heterocycles. The summed E-state index contributed by atoms with van der Waals surface area (Å²) in [7, 11) is -6.07. The lowest BCUT2D eigenvalue weighted by molar-refractivity contribution is -0.161. The number of benzene rings is 4. The third-order valence-corrected chi connectivity index (χ3v) is 7.98. The minimum atomic E-state index is -6.05. The van der Waals surface area contributed by atoms with Gasteiger partial charge in [0.25, 0.3) is 0 Å². The Morgan fingerprint density at radius 1 is 0.703 bits per heavy atom. The predicted molar refractivity (Wildman–Crippen MR) is 137 cm³/mol. The van der Waals surface area contributed by atoms with Crippen molar-refractivity contribution in [3.63, 3.8) is 0 Å². The van der Waals surface area contributed by atoms with Gasteiger partial charge in [-0.1, -0.05) is 84.9 Å². The number of carbonyl (C=O) groups excluding carboxylic acids is 1. The van der Waals surface area contributed by atoms with Crippen LogP contribution in [-0.4, -0.2) is 30.8 Å². The smallest absolute Gasteiger partial charge is 0.428 e. The number of hydrogen-bond acceptors (Lipinski definition) is 5. The topological polar surface area (TPSA) is 83.5 Å². The number of ether oxygens (including phenoxy) is 1. The molecule has 37 heavy (non-hydrogen) atoms. The zero-order valence-electron chi connectivity index (χ0n) is 19.6. The Labute approximate surface area is 217 Å². The van der Waals surface area contributed by atoms with Gasteiger partial charge in [0.05, 0.1) is 17.5 Å². The molecule has 9 heteroatoms. The lowest BCUT2D eigenvalue weighted by atomic mass is 10.2. The minimum absolute atomic E-state index is 0.0146. The number of carbonyl (C=O) groups is 1. The van der Waals surface area contributed by atoms with Gasteiger partial charge < -0.3 is 9.29 Å². The molecule has 0 saturated heterocycles. The molecule has 0 unspecified atom stereocenters. The summed E-state index contributed by atoms with van der Waals surface area (Å²) in [5.41, 5.74) is 0.721. The van der Waals surface area contributed by atoms with Crippen molar-refractivity contribution in [1.29, 1.82) is 0 Å². The van der Waals surface area contributed by atoms with Crippen LogP contribution < -0.4 is 0 Å². The van der Waals surface area contributed by atoms with Crippen LogP contribution in [0, 0.1) is 0 Å². The van der Waals surface area contributed by atoms with E-state index in [0.717, 1.165) is 5.56 Å². The fourth-order valence-corrected chi connectivity index (χ4v) is 5.54. The van der Waals surface area contributed by atoms with Crippen LogP contribution in [0.2, 0.25) is 0 Å². The SMILES string of the molecule is O=C(OCCc1ccccc1)C(F)(F)S(=O)(=O)[O-].c1ccc([S+](c2ccccc2)c2ccccc2)cc1. The average molecular weight is 543 g/mol. The number of hydrogen-bond donors (Lipinski definition) is 0. The maximum atomic E-state index is 12.7. The van der Waals surface area contributed by atoms with E-state index in [1.54, 1.807) is 30.3 Å². The van der Waals surface area contributed by atoms with E-state index in [2.05, 4.69) is 95.7 Å². The second-order valence-electron chi connectivity index (χ2n) is 7.59. The Morgan fingerprint density at radius 2 is 1.05 bits per heavy atom. The minimum Gasteiger partial charge on any atom is -0.743 e. The van der Waals surface area contributed by atoms with Crippen molar-refractivity contribution in [2.45, 2.75) is 26.4 Å². The standard InChI is InChI=1S/C18H15S.C10H10F2O5S/c1-4-10-16(11-5-1)19(17-12-6-2-7-13-17)18-14-8-3-9-15-18;11-10(12,18(14,15)16)9(13)17-7-6-8-4-2-1-3-5-8/h1-15H;1-5H,6-7H2,(H,14,15,16)/q+1;/p-1. The highest BCUT2D eigenvalue weighted by atomic mass is 32.2. The van der Waals surface area contributed by atoms with Gasteiger partial charge in [0.1, 0.15) is 0 Å². The fourth-order valence-electron chi connectivity index (χ4n) is 3.17. The van der Waals surface area contributed by atoms with Crippen molar-refractivity contribution in [3.8, 4) is 0 Å². The Morgan fingerprint density at radius 3 is 1.41 bits per heavy atom. The van der Waals surface area contributed by atoms with Crippen LogP contribution >= 0.6 is 0 Å². The van der Waals surface area contributed by atoms with E-state index in [-0.39, 0.29) is 17.3 Å². The summed E-state index contributed by atoms with van der Waals surface area (Å²) in [6.45, 7) is -0.437. The van der Waals surface area contributed by atoms with Crippen molar-refractivity contribution < 1.29 is 31.3 Å². The highest BCUT2D eigenvalue weighted by Gasteiger charge is 2.48. The van der Waals surface area contributed by atoms with Crippen LogP contribution in [0.25, 0.3) is 0 Å². The Kier molecular flexibility index (Phi) is 9.96. The van der Waals surface area contributed by atoms with Gasteiger partial charge in [-0.2, -0.15) is 8.78 Å². The second-order valence-corrected chi connectivity index (χ2v) is 11.0. The number of halogens is 2. The first-order valence-electron chi connectivity index (χ1n) is 11.1. The first-order valence-corrected chi connectivity index (χ1v) is 13.8. The fraction of sp³-hybridized carbons (Fsp3) is 0.107. The van der Waals surface area contributed by atoms with Crippen molar-refractivity contribution in [2.24, 2.45) is 0 Å². The molecule has 0 aliphatic rings. The highest BCUT2D eigenvalue weighted by molar-refractivity contribution is 7.97. The van der Waals surface area contributed by atoms with Crippen LogP contribution in [0.15, 0.2) is 136 Å². The maximum Gasteiger partial charge on any atom is 0.428 e. The molecule has 4 aromatic carbocycles. The highest BCUT2D eigenvalue weighted by Crippen LogP contribution is 2.30. The third-order valence-electron chi connectivity index (χ3n) is 4.96. The monoisotopic (exact) mass is 542 g/mol. The van der Waals surface area contributed by atoms with Crippen LogP contribution in [0.4, 0.5) is 8.78 Å². The molecule has 0 radical (unpaired) electrons. The van der Waals surface area contributed by atoms with Gasteiger partial charge in [-0.25, -0.2) is 13.2 Å². The molecule has 192 valence electrons. The number of alkyl halides is 2. The lowest BCUT2D eigenvalue weighted by Crippen LogP contribution is -2.39. The van der Waals surface area contributed by atoms with Crippen molar-refractivity contribution in [3.05, 3.63) is 127 Å². The summed E-state index contributed by atoms with van der Waals surface area (Å²) in [6, 6.07) is 40.7. The maximum absolute atomic E-state index is 12.7. The normalized spacial score (nSPS) is 11.4. The molecule has 0 N–H and O–H groups in total. The molecule has 0 atom stereocenters. The molecule has 4 aromatic rings. The van der Waals surface area contributed by atoms with Gasteiger partial charge in [0.2, 0.25) is 0 Å². The number of rotatable bonds is 8. The molecule has 0 aliphatic carbocycles. The van der Waals surface area contributed by atoms with Crippen molar-refractivity contribution in [1.82, 2.24) is 0 Å². The first kappa shape index (κ1) is 28.0. The van der Waals surface area contributed by atoms with Crippen LogP contribution in [0.1, 0.15) is 5.56 Å². The third kappa shape index (κ3) is 7.98. The Hall–Kier alpha value is -3.53. The van der Waals surface area contributed by atoms with E-state index in [4.69, 9.17) is 0 Å². The molecule has 5 nitrogen and oxygen atoms in total. The largest absolute Gasteiger partial charge is 0.743 e. The van der Waals surface area contributed by atoms with Gasteiger partial charge in [0, 0.05) is 6.42 Å². The number of esters is 1. The van der Waals surface area contributed by atoms with Gasteiger partial charge in [-0.15, -0.1) is 0 Å². The predicted octanol–water partition coefficient (Wildman–Crippen LogP) is 5.69. The van der Waals surface area contributed by atoms with Crippen LogP contribution in [0.5, 0.6) is 0 Å². The molecule has 0 aliphatic heterocycles. The molecule has 0 bridgehead atoms. The second kappa shape index (κ2) is 13.1. The summed E-state index contributed by atoms with van der Waals surface area (Å²) in [5, 5.41) is -5.05. The first-order chi connectivity index (χ1) is 17.7. The molecule has 0 spiro atoms. The summed E-state index contributed by atoms with van der Waals surface area (Å²) < 4.78 is 59.8. The van der Waals surface area contributed by atoms with E-state index in [1.807, 2.05) is 0 Å². The molecule has 0 aromatic heterocycles. The molecular weight excluding hydrogens is 518 g/mol. The van der Waals surface area contributed by atoms with Gasteiger partial charge in [-0.3, -0.25) is 0 Å².